The van der Waals surface area contributed by atoms with Crippen molar-refractivity contribution in [3.05, 3.63) is 58.4 Å². The monoisotopic (exact) mass is 230 g/mol. The normalized spacial score (nSPS) is 9.94. The Morgan fingerprint density at radius 3 is 2.47 bits per heavy atom. The minimum Gasteiger partial charge on any atom is -0.465 e. The van der Waals surface area contributed by atoms with Crippen molar-refractivity contribution < 1.29 is 13.9 Å². The van der Waals surface area contributed by atoms with Crippen LogP contribution in [0, 0.1) is 0 Å². The molecule has 4 nitrogen and oxygen atoms in total. The fourth-order valence-electron chi connectivity index (χ4n) is 1.49. The van der Waals surface area contributed by atoms with Gasteiger partial charge in [-0.05, 0) is 6.07 Å². The molecule has 0 radical (unpaired) electrons. The van der Waals surface area contributed by atoms with Gasteiger partial charge in [-0.25, -0.2) is 9.59 Å². The van der Waals surface area contributed by atoms with Gasteiger partial charge in [0, 0.05) is 11.6 Å². The number of rotatable bonds is 2. The van der Waals surface area contributed by atoms with Gasteiger partial charge in [0.1, 0.15) is 5.56 Å². The molecule has 86 valence electrons. The van der Waals surface area contributed by atoms with E-state index in [1.165, 1.54) is 19.2 Å². The van der Waals surface area contributed by atoms with Crippen molar-refractivity contribution in [1.82, 2.24) is 0 Å². The Hall–Kier alpha value is -2.36. The number of ether oxygens (including phenoxy) is 1. The minimum absolute atomic E-state index is 0.227. The molecule has 4 heteroatoms. The van der Waals surface area contributed by atoms with E-state index in [0.717, 1.165) is 0 Å². The van der Waals surface area contributed by atoms with Crippen molar-refractivity contribution in [3.63, 3.8) is 0 Å². The van der Waals surface area contributed by atoms with Crippen molar-refractivity contribution >= 4 is 5.97 Å². The molecule has 0 amide bonds. The zero-order valence-electron chi connectivity index (χ0n) is 9.17. The number of carbonyl (C=O) groups excluding carboxylic acids is 1. The third-order valence-corrected chi connectivity index (χ3v) is 2.27. The first kappa shape index (κ1) is 11.1. The van der Waals surface area contributed by atoms with Gasteiger partial charge >= 0.3 is 11.6 Å². The number of esters is 1. The summed E-state index contributed by atoms with van der Waals surface area (Å²) in [7, 11) is 1.28. The fraction of sp³-hybridized carbons (Fsp3) is 0.0769. The van der Waals surface area contributed by atoms with Gasteiger partial charge in [0.25, 0.3) is 0 Å². The summed E-state index contributed by atoms with van der Waals surface area (Å²) < 4.78 is 9.70. The van der Waals surface area contributed by atoms with Crippen LogP contribution in [0.5, 0.6) is 0 Å². The van der Waals surface area contributed by atoms with E-state index in [1.54, 1.807) is 24.3 Å². The molecule has 0 bridgehead atoms. The maximum absolute atomic E-state index is 11.5. The van der Waals surface area contributed by atoms with Crippen LogP contribution in [0.25, 0.3) is 11.3 Å². The lowest BCUT2D eigenvalue weighted by Gasteiger charge is -2.05. The highest BCUT2D eigenvalue weighted by atomic mass is 16.5. The van der Waals surface area contributed by atoms with Gasteiger partial charge in [-0.15, -0.1) is 0 Å². The number of methoxy groups -OCH3 is 1. The Bertz CT molecular complexity index is 584. The highest BCUT2D eigenvalue weighted by Crippen LogP contribution is 2.22. The highest BCUT2D eigenvalue weighted by Gasteiger charge is 2.15. The lowest BCUT2D eigenvalue weighted by atomic mass is 10.1. The summed E-state index contributed by atoms with van der Waals surface area (Å²) in [5, 5.41) is 0. The second-order valence-corrected chi connectivity index (χ2v) is 3.35. The van der Waals surface area contributed by atoms with Crippen LogP contribution in [0.1, 0.15) is 10.4 Å². The molecule has 0 N–H and O–H groups in total. The lowest BCUT2D eigenvalue weighted by Crippen LogP contribution is -2.07. The van der Waals surface area contributed by atoms with Crippen LogP contribution < -0.4 is 5.63 Å². The van der Waals surface area contributed by atoms with Crippen molar-refractivity contribution in [2.24, 2.45) is 0 Å². The Morgan fingerprint density at radius 2 is 1.82 bits per heavy atom. The maximum atomic E-state index is 11.5. The summed E-state index contributed by atoms with van der Waals surface area (Å²) >= 11 is 0. The van der Waals surface area contributed by atoms with E-state index in [1.807, 2.05) is 6.07 Å². The highest BCUT2D eigenvalue weighted by molar-refractivity contribution is 5.95. The summed E-state index contributed by atoms with van der Waals surface area (Å²) in [5.74, 6) is -0.308. The minimum atomic E-state index is -0.535. The van der Waals surface area contributed by atoms with Gasteiger partial charge in [-0.2, -0.15) is 0 Å². The molecule has 0 aliphatic heterocycles. The molecule has 0 saturated heterocycles. The first-order chi connectivity index (χ1) is 8.22. The third kappa shape index (κ3) is 2.25. The van der Waals surface area contributed by atoms with Crippen LogP contribution in [-0.2, 0) is 4.74 Å². The van der Waals surface area contributed by atoms with Crippen LogP contribution >= 0.6 is 0 Å². The fourth-order valence-corrected chi connectivity index (χ4v) is 1.49. The molecule has 0 fully saturated rings. The second kappa shape index (κ2) is 4.65. The van der Waals surface area contributed by atoms with E-state index in [9.17, 15) is 9.59 Å². The van der Waals surface area contributed by atoms with Crippen molar-refractivity contribution in [1.29, 1.82) is 0 Å². The lowest BCUT2D eigenvalue weighted by molar-refractivity contribution is 0.0599. The summed E-state index contributed by atoms with van der Waals surface area (Å²) in [6, 6.07) is 11.5. The molecule has 17 heavy (non-hydrogen) atoms. The Morgan fingerprint density at radius 1 is 1.12 bits per heavy atom. The molecular weight excluding hydrogens is 220 g/mol. The molecule has 1 aromatic heterocycles. The van der Waals surface area contributed by atoms with Crippen LogP contribution in [0.3, 0.4) is 0 Å². The van der Waals surface area contributed by atoms with Gasteiger partial charge in [0.15, 0.2) is 5.76 Å². The standard InChI is InChI=1S/C13H10O4/c1-16-13(15)10-7-8-11(14)17-12(10)9-5-3-2-4-6-9/h2-8H,1H3. The van der Waals surface area contributed by atoms with E-state index >= 15 is 0 Å². The molecule has 0 aliphatic carbocycles. The van der Waals surface area contributed by atoms with E-state index < -0.39 is 11.6 Å². The molecule has 0 atom stereocenters. The average Bonchev–Trinajstić information content (AvgIpc) is 2.39. The molecule has 1 aromatic carbocycles. The van der Waals surface area contributed by atoms with Crippen LogP contribution in [0.15, 0.2) is 51.7 Å². The Labute approximate surface area is 97.5 Å². The van der Waals surface area contributed by atoms with Gasteiger partial charge < -0.3 is 9.15 Å². The van der Waals surface area contributed by atoms with Crippen molar-refractivity contribution in [3.8, 4) is 11.3 Å². The van der Waals surface area contributed by atoms with Crippen LogP contribution in [0.2, 0.25) is 0 Å². The van der Waals surface area contributed by atoms with E-state index in [2.05, 4.69) is 4.74 Å². The maximum Gasteiger partial charge on any atom is 0.341 e. The van der Waals surface area contributed by atoms with E-state index in [-0.39, 0.29) is 11.3 Å². The molecular formula is C13H10O4. The molecule has 0 spiro atoms. The van der Waals surface area contributed by atoms with Crippen LogP contribution in [-0.4, -0.2) is 13.1 Å². The number of hydrogen-bond donors (Lipinski definition) is 0. The van der Waals surface area contributed by atoms with Gasteiger partial charge in [0.05, 0.1) is 7.11 Å². The van der Waals surface area contributed by atoms with Gasteiger partial charge in [0.2, 0.25) is 0 Å². The second-order valence-electron chi connectivity index (χ2n) is 3.35. The molecule has 0 saturated carbocycles. The predicted molar refractivity (Wildman–Crippen MR) is 61.8 cm³/mol. The molecule has 1 heterocycles. The van der Waals surface area contributed by atoms with Crippen molar-refractivity contribution in [2.75, 3.05) is 7.11 Å². The summed E-state index contributed by atoms with van der Waals surface area (Å²) in [6.07, 6.45) is 0. The largest absolute Gasteiger partial charge is 0.465 e. The summed E-state index contributed by atoms with van der Waals surface area (Å²) in [4.78, 5) is 22.7. The predicted octanol–water partition coefficient (Wildman–Crippen LogP) is 2.09. The van der Waals surface area contributed by atoms with E-state index in [4.69, 9.17) is 4.42 Å². The molecule has 2 rings (SSSR count). The average molecular weight is 230 g/mol. The first-order valence-electron chi connectivity index (χ1n) is 5.00. The third-order valence-electron chi connectivity index (χ3n) is 2.27. The SMILES string of the molecule is COC(=O)c1ccc(=O)oc1-c1ccccc1. The molecule has 0 unspecified atom stereocenters. The smallest absolute Gasteiger partial charge is 0.341 e. The molecule has 0 aliphatic rings. The number of benzene rings is 1. The zero-order chi connectivity index (χ0) is 12.3. The summed E-state index contributed by atoms with van der Waals surface area (Å²) in [5.41, 5.74) is 0.389. The van der Waals surface area contributed by atoms with Gasteiger partial charge in [-0.3, -0.25) is 0 Å². The first-order valence-corrected chi connectivity index (χ1v) is 5.00. The number of hydrogen-bond acceptors (Lipinski definition) is 4. The molecule has 2 aromatic rings. The Balaban J connectivity index is 2.63. The summed E-state index contributed by atoms with van der Waals surface area (Å²) in [6.45, 7) is 0. The van der Waals surface area contributed by atoms with Crippen LogP contribution in [0.4, 0.5) is 0 Å². The quantitative estimate of drug-likeness (QED) is 0.741. The number of carbonyl (C=O) groups is 1. The topological polar surface area (TPSA) is 56.5 Å². The zero-order valence-corrected chi connectivity index (χ0v) is 9.17. The van der Waals surface area contributed by atoms with Crippen molar-refractivity contribution in [2.45, 2.75) is 0 Å². The van der Waals surface area contributed by atoms with Gasteiger partial charge in [-0.1, -0.05) is 30.3 Å². The Kier molecular flexibility index (Phi) is 3.05. The van der Waals surface area contributed by atoms with E-state index in [0.29, 0.717) is 5.56 Å².